The molecule has 1 atom stereocenters. The summed E-state index contributed by atoms with van der Waals surface area (Å²) in [6.07, 6.45) is 2.25. The number of furan rings is 1. The van der Waals surface area contributed by atoms with E-state index in [0.717, 1.165) is 24.4 Å². The largest absolute Gasteiger partial charge is 0.465 e. The Balaban J connectivity index is 2.15. The zero-order valence-corrected chi connectivity index (χ0v) is 9.95. The molecule has 0 aliphatic heterocycles. The van der Waals surface area contributed by atoms with Gasteiger partial charge in [-0.1, -0.05) is 0 Å². The quantitative estimate of drug-likeness (QED) is 0.773. The maximum Gasteiger partial charge on any atom is 0.220 e. The molecule has 0 aliphatic rings. The third kappa shape index (κ3) is 4.98. The van der Waals surface area contributed by atoms with Gasteiger partial charge in [0.05, 0.1) is 6.54 Å². The van der Waals surface area contributed by atoms with Crippen LogP contribution >= 0.6 is 0 Å². The van der Waals surface area contributed by atoms with Crippen LogP contribution in [0.3, 0.4) is 0 Å². The summed E-state index contributed by atoms with van der Waals surface area (Å²) in [5.74, 6) is 1.70. The molecule has 0 saturated carbocycles. The normalized spacial score (nSPS) is 12.4. The van der Waals surface area contributed by atoms with Crippen LogP contribution in [0.15, 0.2) is 16.5 Å². The van der Waals surface area contributed by atoms with Crippen LogP contribution in [0.4, 0.5) is 0 Å². The van der Waals surface area contributed by atoms with Gasteiger partial charge in [-0.15, -0.1) is 0 Å². The molecule has 1 unspecified atom stereocenters. The lowest BCUT2D eigenvalue weighted by molar-refractivity contribution is -0.121. The van der Waals surface area contributed by atoms with Crippen LogP contribution in [-0.4, -0.2) is 11.9 Å². The summed E-state index contributed by atoms with van der Waals surface area (Å²) in [6, 6.07) is 3.93. The molecule has 0 radical (unpaired) electrons. The molecule has 1 heterocycles. The lowest BCUT2D eigenvalue weighted by atomic mass is 10.1. The van der Waals surface area contributed by atoms with Gasteiger partial charge in [0.1, 0.15) is 11.5 Å². The van der Waals surface area contributed by atoms with E-state index in [4.69, 9.17) is 10.2 Å². The lowest BCUT2D eigenvalue weighted by Crippen LogP contribution is -2.23. The van der Waals surface area contributed by atoms with Gasteiger partial charge in [-0.05, 0) is 38.8 Å². The first-order chi connectivity index (χ1) is 7.58. The van der Waals surface area contributed by atoms with E-state index in [1.807, 2.05) is 26.0 Å². The molecule has 0 fully saturated rings. The number of aryl methyl sites for hydroxylation is 1. The molecule has 1 aromatic rings. The van der Waals surface area contributed by atoms with Gasteiger partial charge in [0.15, 0.2) is 0 Å². The molecular weight excluding hydrogens is 204 g/mol. The van der Waals surface area contributed by atoms with E-state index in [-0.39, 0.29) is 11.9 Å². The van der Waals surface area contributed by atoms with Crippen molar-refractivity contribution in [2.45, 2.75) is 45.7 Å². The van der Waals surface area contributed by atoms with Crippen molar-refractivity contribution in [3.8, 4) is 0 Å². The maximum atomic E-state index is 11.4. The molecule has 0 saturated heterocycles. The van der Waals surface area contributed by atoms with Crippen molar-refractivity contribution in [2.24, 2.45) is 5.73 Å². The molecule has 0 bridgehead atoms. The van der Waals surface area contributed by atoms with E-state index in [0.29, 0.717) is 13.0 Å². The average Bonchev–Trinajstić information content (AvgIpc) is 2.61. The minimum absolute atomic E-state index is 0.0507. The van der Waals surface area contributed by atoms with Crippen molar-refractivity contribution in [1.82, 2.24) is 5.32 Å². The Morgan fingerprint density at radius 3 is 2.88 bits per heavy atom. The Bertz CT molecular complexity index is 332. The Kier molecular flexibility index (Phi) is 5.05. The summed E-state index contributed by atoms with van der Waals surface area (Å²) >= 11 is 0. The van der Waals surface area contributed by atoms with Crippen LogP contribution < -0.4 is 11.1 Å². The minimum Gasteiger partial charge on any atom is -0.465 e. The second kappa shape index (κ2) is 6.33. The summed E-state index contributed by atoms with van der Waals surface area (Å²) in [6.45, 7) is 4.29. The van der Waals surface area contributed by atoms with Crippen LogP contribution in [0.25, 0.3) is 0 Å². The fourth-order valence-electron chi connectivity index (χ4n) is 1.44. The summed E-state index contributed by atoms with van der Waals surface area (Å²) in [5.41, 5.74) is 5.60. The van der Waals surface area contributed by atoms with Crippen molar-refractivity contribution in [1.29, 1.82) is 0 Å². The number of amides is 1. The maximum absolute atomic E-state index is 11.4. The predicted octanol–water partition coefficient (Wildman–Crippen LogP) is 1.72. The molecule has 1 amide bonds. The SMILES string of the molecule is Cc1ccc(CNC(=O)CCCC(C)N)o1. The van der Waals surface area contributed by atoms with Crippen LogP contribution in [0.1, 0.15) is 37.7 Å². The van der Waals surface area contributed by atoms with Gasteiger partial charge >= 0.3 is 0 Å². The van der Waals surface area contributed by atoms with Gasteiger partial charge < -0.3 is 15.5 Å². The van der Waals surface area contributed by atoms with Crippen molar-refractivity contribution in [3.63, 3.8) is 0 Å². The number of carbonyl (C=O) groups is 1. The van der Waals surface area contributed by atoms with E-state index in [2.05, 4.69) is 5.32 Å². The fourth-order valence-corrected chi connectivity index (χ4v) is 1.44. The average molecular weight is 224 g/mol. The van der Waals surface area contributed by atoms with Crippen molar-refractivity contribution in [3.05, 3.63) is 23.7 Å². The zero-order chi connectivity index (χ0) is 12.0. The monoisotopic (exact) mass is 224 g/mol. The fraction of sp³-hybridized carbons (Fsp3) is 0.583. The molecule has 0 spiro atoms. The number of nitrogens with one attached hydrogen (secondary N) is 1. The lowest BCUT2D eigenvalue weighted by Gasteiger charge is -2.05. The van der Waals surface area contributed by atoms with Gasteiger partial charge in [-0.2, -0.15) is 0 Å². The zero-order valence-electron chi connectivity index (χ0n) is 9.95. The van der Waals surface area contributed by atoms with Crippen molar-refractivity contribution >= 4 is 5.91 Å². The Morgan fingerprint density at radius 2 is 2.31 bits per heavy atom. The van der Waals surface area contributed by atoms with E-state index in [1.165, 1.54) is 0 Å². The van der Waals surface area contributed by atoms with E-state index in [9.17, 15) is 4.79 Å². The van der Waals surface area contributed by atoms with Crippen molar-refractivity contribution in [2.75, 3.05) is 0 Å². The van der Waals surface area contributed by atoms with Gasteiger partial charge in [-0.3, -0.25) is 4.79 Å². The number of hydrogen-bond donors (Lipinski definition) is 2. The first-order valence-electron chi connectivity index (χ1n) is 5.65. The molecule has 90 valence electrons. The third-order valence-corrected chi connectivity index (χ3v) is 2.32. The molecular formula is C12H20N2O2. The molecule has 4 nitrogen and oxygen atoms in total. The predicted molar refractivity (Wildman–Crippen MR) is 62.8 cm³/mol. The molecule has 16 heavy (non-hydrogen) atoms. The first-order valence-corrected chi connectivity index (χ1v) is 5.65. The highest BCUT2D eigenvalue weighted by Gasteiger charge is 2.04. The highest BCUT2D eigenvalue weighted by Crippen LogP contribution is 2.05. The van der Waals surface area contributed by atoms with Gasteiger partial charge in [-0.25, -0.2) is 0 Å². The Hall–Kier alpha value is -1.29. The number of nitrogens with two attached hydrogens (primary N) is 1. The summed E-state index contributed by atoms with van der Waals surface area (Å²) in [4.78, 5) is 11.4. The number of hydrogen-bond acceptors (Lipinski definition) is 3. The van der Waals surface area contributed by atoms with E-state index in [1.54, 1.807) is 0 Å². The topological polar surface area (TPSA) is 68.3 Å². The van der Waals surface area contributed by atoms with Gasteiger partial charge in [0, 0.05) is 12.5 Å². The molecule has 3 N–H and O–H groups in total. The van der Waals surface area contributed by atoms with E-state index < -0.39 is 0 Å². The highest BCUT2D eigenvalue weighted by molar-refractivity contribution is 5.75. The second-order valence-electron chi connectivity index (χ2n) is 4.16. The molecule has 4 heteroatoms. The first kappa shape index (κ1) is 12.8. The molecule has 0 aliphatic carbocycles. The second-order valence-corrected chi connectivity index (χ2v) is 4.16. The summed E-state index contributed by atoms with van der Waals surface area (Å²) < 4.78 is 5.34. The smallest absolute Gasteiger partial charge is 0.220 e. The standard InChI is InChI=1S/C12H20N2O2/c1-9(13)4-3-5-12(15)14-8-11-7-6-10(2)16-11/h6-7,9H,3-5,8,13H2,1-2H3,(H,14,15). The van der Waals surface area contributed by atoms with Crippen LogP contribution in [0, 0.1) is 6.92 Å². The van der Waals surface area contributed by atoms with E-state index >= 15 is 0 Å². The molecule has 1 rings (SSSR count). The third-order valence-electron chi connectivity index (χ3n) is 2.32. The summed E-state index contributed by atoms with van der Waals surface area (Å²) in [7, 11) is 0. The van der Waals surface area contributed by atoms with Crippen LogP contribution in [-0.2, 0) is 11.3 Å². The van der Waals surface area contributed by atoms with Gasteiger partial charge in [0.25, 0.3) is 0 Å². The summed E-state index contributed by atoms with van der Waals surface area (Å²) in [5, 5.41) is 2.81. The van der Waals surface area contributed by atoms with Crippen LogP contribution in [0.5, 0.6) is 0 Å². The van der Waals surface area contributed by atoms with Crippen molar-refractivity contribution < 1.29 is 9.21 Å². The Labute approximate surface area is 96.2 Å². The molecule has 0 aromatic carbocycles. The minimum atomic E-state index is 0.0507. The number of rotatable bonds is 6. The van der Waals surface area contributed by atoms with Crippen LogP contribution in [0.2, 0.25) is 0 Å². The Morgan fingerprint density at radius 1 is 1.56 bits per heavy atom. The molecule has 1 aromatic heterocycles. The number of carbonyl (C=O) groups excluding carboxylic acids is 1. The van der Waals surface area contributed by atoms with Gasteiger partial charge in [0.2, 0.25) is 5.91 Å². The highest BCUT2D eigenvalue weighted by atomic mass is 16.3.